The predicted octanol–water partition coefficient (Wildman–Crippen LogP) is -6.69. The maximum atomic E-state index is 1.82. The fourth-order valence-electron chi connectivity index (χ4n) is 2.87. The van der Waals surface area contributed by atoms with E-state index in [-0.39, 0.29) is 0 Å². The van der Waals surface area contributed by atoms with Crippen molar-refractivity contribution in [2.45, 2.75) is 0 Å². The predicted molar refractivity (Wildman–Crippen MR) is 33.1 cm³/mol. The zero-order chi connectivity index (χ0) is 6.55. The molecule has 4 aliphatic heterocycles. The molecule has 4 heterocycles. The Morgan fingerprint density at radius 2 is 0.600 bits per heavy atom. The van der Waals surface area contributed by atoms with E-state index in [0.717, 1.165) is 0 Å². The molecule has 4 fully saturated rings. The van der Waals surface area contributed by atoms with Crippen molar-refractivity contribution >= 4 is 0 Å². The third-order valence-electron chi connectivity index (χ3n) is 3.00. The molecule has 4 aliphatic rings. The molecule has 4 saturated heterocycles. The van der Waals surface area contributed by atoms with Crippen LogP contribution < -0.4 is 19.6 Å². The lowest BCUT2D eigenvalue weighted by Crippen LogP contribution is -3.68. The summed E-state index contributed by atoms with van der Waals surface area (Å²) >= 11 is 0. The van der Waals surface area contributed by atoms with Crippen LogP contribution in [0.3, 0.4) is 0 Å². The fraction of sp³-hybridized carbons (Fsp3) is 1.00. The van der Waals surface area contributed by atoms with Crippen molar-refractivity contribution < 1.29 is 19.6 Å². The van der Waals surface area contributed by atoms with Gasteiger partial charge in [0.05, 0.1) is 0 Å². The Morgan fingerprint density at radius 1 is 0.400 bits per heavy atom. The summed E-state index contributed by atoms with van der Waals surface area (Å²) in [7, 11) is 0. The molecule has 0 unspecified atom stereocenters. The van der Waals surface area contributed by atoms with Gasteiger partial charge in [-0.25, -0.2) is 0 Å². The lowest BCUT2D eigenvalue weighted by molar-refractivity contribution is -1.43. The summed E-state index contributed by atoms with van der Waals surface area (Å²) < 4.78 is 0. The van der Waals surface area contributed by atoms with Crippen LogP contribution in [0.15, 0.2) is 0 Å². The molecule has 0 aliphatic carbocycles. The summed E-state index contributed by atoms with van der Waals surface area (Å²) in [6.07, 6.45) is 0. The number of nitrogens with one attached hydrogen (secondary N) is 4. The van der Waals surface area contributed by atoms with Gasteiger partial charge in [0, 0.05) is 0 Å². The minimum atomic E-state index is 1.40. The Morgan fingerprint density at radius 3 is 0.800 bits per heavy atom. The first-order valence-electron chi connectivity index (χ1n) is 4.24. The molecule has 0 spiro atoms. The molecule has 4 heteroatoms. The van der Waals surface area contributed by atoms with Gasteiger partial charge in [-0.2, -0.15) is 19.6 Å². The Bertz CT molecular complexity index is 101. The SMILES string of the molecule is C1[NH+]2C[NH+]3C[NH+]1C[NH+](C2)C3. The topological polar surface area (TPSA) is 17.8 Å². The van der Waals surface area contributed by atoms with Gasteiger partial charge in [-0.3, -0.25) is 0 Å². The Hall–Kier alpha value is -0.160. The molecule has 4 N–H and O–H groups in total. The van der Waals surface area contributed by atoms with Gasteiger partial charge >= 0.3 is 0 Å². The van der Waals surface area contributed by atoms with E-state index in [2.05, 4.69) is 0 Å². The average molecular weight is 144 g/mol. The van der Waals surface area contributed by atoms with Crippen LogP contribution in [0.25, 0.3) is 0 Å². The highest BCUT2D eigenvalue weighted by atomic mass is 15.7. The Labute approximate surface area is 60.6 Å². The highest BCUT2D eigenvalue weighted by molar-refractivity contribution is 4.19. The molecular formula is C6H16N4+4. The molecule has 0 aromatic rings. The van der Waals surface area contributed by atoms with Crippen molar-refractivity contribution in [2.75, 3.05) is 40.0 Å². The number of quaternary nitrogens is 4. The van der Waals surface area contributed by atoms with E-state index in [1.807, 2.05) is 19.6 Å². The molecule has 0 aromatic carbocycles. The van der Waals surface area contributed by atoms with Gasteiger partial charge in [-0.15, -0.1) is 0 Å². The number of hydrogen-bond acceptors (Lipinski definition) is 0. The van der Waals surface area contributed by atoms with Gasteiger partial charge in [0.15, 0.2) is 0 Å². The second kappa shape index (κ2) is 1.71. The van der Waals surface area contributed by atoms with E-state index in [1.165, 1.54) is 40.0 Å². The second-order valence-electron chi connectivity index (χ2n) is 4.06. The zero-order valence-corrected chi connectivity index (χ0v) is 6.24. The van der Waals surface area contributed by atoms with Gasteiger partial charge in [0.2, 0.25) is 40.0 Å². The van der Waals surface area contributed by atoms with Gasteiger partial charge in [-0.05, 0) is 0 Å². The van der Waals surface area contributed by atoms with Crippen molar-refractivity contribution in [1.82, 2.24) is 0 Å². The van der Waals surface area contributed by atoms with Crippen molar-refractivity contribution in [3.05, 3.63) is 0 Å². The molecule has 0 atom stereocenters. The molecule has 56 valence electrons. The minimum absolute atomic E-state index is 1.40. The number of hydrogen-bond donors (Lipinski definition) is 4. The normalized spacial score (nSPS) is 57.6. The largest absolute Gasteiger partial charge is 0.222 e. The standard InChI is InChI=1S/C6H12N4/c1-7-2-9-4-8(1)5-10(3-7)6-9/h1-6H2/p+4. The van der Waals surface area contributed by atoms with Crippen LogP contribution in [0.4, 0.5) is 0 Å². The summed E-state index contributed by atoms with van der Waals surface area (Å²) in [5.74, 6) is 0. The molecule has 0 amide bonds. The van der Waals surface area contributed by atoms with Crippen LogP contribution in [0.5, 0.6) is 0 Å². The highest BCUT2D eigenvalue weighted by Gasteiger charge is 2.48. The lowest BCUT2D eigenvalue weighted by atomic mass is 10.4. The highest BCUT2D eigenvalue weighted by Crippen LogP contribution is 1.53. The van der Waals surface area contributed by atoms with E-state index < -0.39 is 0 Å². The third-order valence-corrected chi connectivity index (χ3v) is 3.00. The van der Waals surface area contributed by atoms with Gasteiger partial charge in [0.1, 0.15) is 0 Å². The van der Waals surface area contributed by atoms with Gasteiger partial charge in [0.25, 0.3) is 0 Å². The average Bonchev–Trinajstić information content (AvgIpc) is 1.82. The first kappa shape index (κ1) is 5.49. The molecule has 4 bridgehead atoms. The van der Waals surface area contributed by atoms with Crippen LogP contribution in [0.2, 0.25) is 0 Å². The van der Waals surface area contributed by atoms with Crippen LogP contribution in [0, 0.1) is 0 Å². The van der Waals surface area contributed by atoms with Crippen LogP contribution in [-0.2, 0) is 0 Å². The van der Waals surface area contributed by atoms with Crippen molar-refractivity contribution in [3.8, 4) is 0 Å². The summed E-state index contributed by atoms with van der Waals surface area (Å²) in [5, 5.41) is 0. The smallest absolute Gasteiger partial charge is 0.195 e. The van der Waals surface area contributed by atoms with E-state index in [1.54, 1.807) is 0 Å². The van der Waals surface area contributed by atoms with E-state index in [0.29, 0.717) is 0 Å². The molecule has 0 radical (unpaired) electrons. The molecular weight excluding hydrogens is 128 g/mol. The number of rotatable bonds is 0. The summed E-state index contributed by atoms with van der Waals surface area (Å²) in [6.45, 7) is 8.38. The first-order chi connectivity index (χ1) is 4.90. The van der Waals surface area contributed by atoms with Crippen molar-refractivity contribution in [3.63, 3.8) is 0 Å². The molecule has 10 heavy (non-hydrogen) atoms. The van der Waals surface area contributed by atoms with Crippen molar-refractivity contribution in [1.29, 1.82) is 0 Å². The molecule has 0 aromatic heterocycles. The monoisotopic (exact) mass is 144 g/mol. The zero-order valence-electron chi connectivity index (χ0n) is 6.24. The van der Waals surface area contributed by atoms with E-state index >= 15 is 0 Å². The first-order valence-corrected chi connectivity index (χ1v) is 4.24. The summed E-state index contributed by atoms with van der Waals surface area (Å²) in [5.41, 5.74) is 0. The van der Waals surface area contributed by atoms with Crippen LogP contribution in [-0.4, -0.2) is 40.0 Å². The summed E-state index contributed by atoms with van der Waals surface area (Å²) in [4.78, 5) is 7.29. The van der Waals surface area contributed by atoms with Crippen LogP contribution >= 0.6 is 0 Å². The van der Waals surface area contributed by atoms with E-state index in [4.69, 9.17) is 0 Å². The Balaban J connectivity index is 1.90. The van der Waals surface area contributed by atoms with Crippen LogP contribution in [0.1, 0.15) is 0 Å². The van der Waals surface area contributed by atoms with E-state index in [9.17, 15) is 0 Å². The maximum absolute atomic E-state index is 1.82. The second-order valence-corrected chi connectivity index (χ2v) is 4.06. The Kier molecular flexibility index (Phi) is 0.936. The van der Waals surface area contributed by atoms with Gasteiger partial charge in [-0.1, -0.05) is 0 Å². The molecule has 4 rings (SSSR count). The lowest BCUT2D eigenvalue weighted by Gasteiger charge is -2.44. The quantitative estimate of drug-likeness (QED) is 0.259. The minimum Gasteiger partial charge on any atom is -0.195 e. The maximum Gasteiger partial charge on any atom is 0.222 e. The van der Waals surface area contributed by atoms with Crippen molar-refractivity contribution in [2.24, 2.45) is 0 Å². The third kappa shape index (κ3) is 0.645. The molecule has 4 nitrogen and oxygen atoms in total. The summed E-state index contributed by atoms with van der Waals surface area (Å²) in [6, 6.07) is 0. The fourth-order valence-corrected chi connectivity index (χ4v) is 2.87. The molecule has 0 saturated carbocycles. The van der Waals surface area contributed by atoms with Gasteiger partial charge < -0.3 is 0 Å².